The quantitative estimate of drug-likeness (QED) is 0.585. The predicted octanol–water partition coefficient (Wildman–Crippen LogP) is 2.50. The van der Waals surface area contributed by atoms with Crippen molar-refractivity contribution < 1.29 is 5.11 Å². The maximum atomic E-state index is 9.64. The van der Waals surface area contributed by atoms with E-state index in [0.717, 1.165) is 25.7 Å². The number of hydrogen-bond acceptors (Lipinski definition) is 1. The van der Waals surface area contributed by atoms with Crippen molar-refractivity contribution in [3.8, 4) is 0 Å². The van der Waals surface area contributed by atoms with Gasteiger partial charge < -0.3 is 5.11 Å². The Kier molecular flexibility index (Phi) is 4.37. The summed E-state index contributed by atoms with van der Waals surface area (Å²) in [5, 5.41) is 9.64. The van der Waals surface area contributed by atoms with E-state index >= 15 is 0 Å². The van der Waals surface area contributed by atoms with Crippen LogP contribution in [0.25, 0.3) is 0 Å². The first kappa shape index (κ1) is 9.70. The second-order valence-electron chi connectivity index (χ2n) is 2.76. The number of aliphatic hydroxyl groups is 1. The molecule has 0 aromatic carbocycles. The van der Waals surface area contributed by atoms with Crippen molar-refractivity contribution in [2.45, 2.75) is 45.1 Å². The molecule has 0 aliphatic rings. The maximum absolute atomic E-state index is 9.64. The summed E-state index contributed by atoms with van der Waals surface area (Å²) < 4.78 is 0. The van der Waals surface area contributed by atoms with Crippen molar-refractivity contribution in [3.05, 3.63) is 12.7 Å². The molecule has 0 rings (SSSR count). The van der Waals surface area contributed by atoms with Gasteiger partial charge in [0.2, 0.25) is 0 Å². The minimum absolute atomic E-state index is 0.601. The van der Waals surface area contributed by atoms with Gasteiger partial charge in [0.15, 0.2) is 0 Å². The lowest BCUT2D eigenvalue weighted by atomic mass is 9.94. The fourth-order valence-electron chi connectivity index (χ4n) is 0.906. The van der Waals surface area contributed by atoms with E-state index in [1.165, 1.54) is 0 Å². The van der Waals surface area contributed by atoms with Gasteiger partial charge in [-0.2, -0.15) is 0 Å². The van der Waals surface area contributed by atoms with E-state index in [-0.39, 0.29) is 0 Å². The number of rotatable bonds is 5. The summed E-state index contributed by atoms with van der Waals surface area (Å²) in [4.78, 5) is 0. The molecule has 1 atom stereocenters. The summed E-state index contributed by atoms with van der Waals surface area (Å²) in [5.74, 6) is 0. The zero-order valence-electron chi connectivity index (χ0n) is 7.06. The Hall–Kier alpha value is -0.300. The zero-order valence-corrected chi connectivity index (χ0v) is 7.06. The van der Waals surface area contributed by atoms with E-state index in [1.54, 1.807) is 6.08 Å². The van der Waals surface area contributed by atoms with Crippen LogP contribution in [0.15, 0.2) is 12.7 Å². The second-order valence-corrected chi connectivity index (χ2v) is 2.76. The highest BCUT2D eigenvalue weighted by Gasteiger charge is 2.18. The molecule has 0 aliphatic heterocycles. The van der Waals surface area contributed by atoms with Gasteiger partial charge in [0, 0.05) is 0 Å². The van der Waals surface area contributed by atoms with Crippen LogP contribution in [0.4, 0.5) is 0 Å². The average Bonchev–Trinajstić information content (AvgIpc) is 2.00. The molecule has 0 radical (unpaired) electrons. The molecule has 60 valence electrons. The molecule has 0 heterocycles. The van der Waals surface area contributed by atoms with Crippen LogP contribution in [-0.4, -0.2) is 10.7 Å². The summed E-state index contributed by atoms with van der Waals surface area (Å²) in [6.07, 6.45) is 5.50. The third kappa shape index (κ3) is 3.02. The van der Waals surface area contributed by atoms with Gasteiger partial charge in [-0.1, -0.05) is 32.8 Å². The summed E-state index contributed by atoms with van der Waals surface area (Å²) in [6.45, 7) is 7.71. The molecule has 0 aliphatic carbocycles. The van der Waals surface area contributed by atoms with Gasteiger partial charge in [-0.3, -0.25) is 0 Å². The third-order valence-corrected chi connectivity index (χ3v) is 1.96. The number of unbranched alkanes of at least 4 members (excludes halogenated alkanes) is 1. The molecule has 0 amide bonds. The summed E-state index contributed by atoms with van der Waals surface area (Å²) in [5.41, 5.74) is -0.601. The Bertz CT molecular complexity index is 98.9. The van der Waals surface area contributed by atoms with Crippen molar-refractivity contribution in [1.82, 2.24) is 0 Å². The molecule has 0 aromatic rings. The van der Waals surface area contributed by atoms with E-state index in [4.69, 9.17) is 0 Å². The van der Waals surface area contributed by atoms with Crippen LogP contribution in [0, 0.1) is 0 Å². The van der Waals surface area contributed by atoms with E-state index in [9.17, 15) is 5.11 Å². The van der Waals surface area contributed by atoms with Crippen LogP contribution in [0.2, 0.25) is 0 Å². The van der Waals surface area contributed by atoms with Crippen molar-refractivity contribution in [3.63, 3.8) is 0 Å². The van der Waals surface area contributed by atoms with Crippen LogP contribution in [0.3, 0.4) is 0 Å². The van der Waals surface area contributed by atoms with Crippen molar-refractivity contribution in [2.75, 3.05) is 0 Å². The fourth-order valence-corrected chi connectivity index (χ4v) is 0.906. The molecule has 0 fully saturated rings. The monoisotopic (exact) mass is 142 g/mol. The molecule has 0 bridgehead atoms. The van der Waals surface area contributed by atoms with E-state index in [1.807, 2.05) is 6.92 Å². The first-order valence-corrected chi connectivity index (χ1v) is 4.04. The lowest BCUT2D eigenvalue weighted by Crippen LogP contribution is -2.23. The lowest BCUT2D eigenvalue weighted by Gasteiger charge is -2.21. The van der Waals surface area contributed by atoms with Crippen molar-refractivity contribution in [1.29, 1.82) is 0 Å². The summed E-state index contributed by atoms with van der Waals surface area (Å²) in [7, 11) is 0. The Morgan fingerprint density at radius 3 is 2.40 bits per heavy atom. The molecule has 10 heavy (non-hydrogen) atoms. The van der Waals surface area contributed by atoms with Crippen LogP contribution >= 0.6 is 0 Å². The minimum atomic E-state index is -0.601. The molecular weight excluding hydrogens is 124 g/mol. The Morgan fingerprint density at radius 2 is 2.10 bits per heavy atom. The highest BCUT2D eigenvalue weighted by molar-refractivity contribution is 4.94. The first-order valence-electron chi connectivity index (χ1n) is 4.04. The largest absolute Gasteiger partial charge is 0.386 e. The van der Waals surface area contributed by atoms with E-state index in [2.05, 4.69) is 13.5 Å². The molecule has 0 aromatic heterocycles. The summed E-state index contributed by atoms with van der Waals surface area (Å²) >= 11 is 0. The smallest absolute Gasteiger partial charge is 0.0822 e. The number of hydrogen-bond donors (Lipinski definition) is 1. The molecule has 0 spiro atoms. The van der Waals surface area contributed by atoms with Gasteiger partial charge in [0.25, 0.3) is 0 Å². The highest BCUT2D eigenvalue weighted by Crippen LogP contribution is 2.18. The highest BCUT2D eigenvalue weighted by atomic mass is 16.3. The topological polar surface area (TPSA) is 20.2 Å². The van der Waals surface area contributed by atoms with Gasteiger partial charge in [0.1, 0.15) is 0 Å². The van der Waals surface area contributed by atoms with Gasteiger partial charge in [-0.05, 0) is 12.8 Å². The maximum Gasteiger partial charge on any atom is 0.0822 e. The lowest BCUT2D eigenvalue weighted by molar-refractivity contribution is 0.0753. The van der Waals surface area contributed by atoms with Gasteiger partial charge in [-0.15, -0.1) is 6.58 Å². The molecule has 1 nitrogen and oxygen atoms in total. The van der Waals surface area contributed by atoms with Gasteiger partial charge >= 0.3 is 0 Å². The third-order valence-electron chi connectivity index (χ3n) is 1.96. The van der Waals surface area contributed by atoms with Gasteiger partial charge in [-0.25, -0.2) is 0 Å². The average molecular weight is 142 g/mol. The van der Waals surface area contributed by atoms with Crippen LogP contribution in [0.5, 0.6) is 0 Å². The van der Waals surface area contributed by atoms with Crippen molar-refractivity contribution in [2.24, 2.45) is 0 Å². The Labute approximate surface area is 63.8 Å². The van der Waals surface area contributed by atoms with E-state index < -0.39 is 5.60 Å². The van der Waals surface area contributed by atoms with Crippen LogP contribution < -0.4 is 0 Å². The second kappa shape index (κ2) is 4.51. The summed E-state index contributed by atoms with van der Waals surface area (Å²) in [6, 6.07) is 0. The van der Waals surface area contributed by atoms with Crippen LogP contribution in [-0.2, 0) is 0 Å². The molecule has 1 unspecified atom stereocenters. The van der Waals surface area contributed by atoms with E-state index in [0.29, 0.717) is 0 Å². The normalized spacial score (nSPS) is 16.3. The Morgan fingerprint density at radius 1 is 1.50 bits per heavy atom. The Balaban J connectivity index is 3.68. The molecule has 1 heteroatoms. The SMILES string of the molecule is C=CC(O)(CC)CCCC. The molecule has 1 N–H and O–H groups in total. The van der Waals surface area contributed by atoms with Gasteiger partial charge in [0.05, 0.1) is 5.60 Å². The molecular formula is C9H18O. The first-order chi connectivity index (χ1) is 4.68. The standard InChI is InChI=1S/C9H18O/c1-4-7-8-9(10,5-2)6-3/h5,10H,2,4,6-8H2,1,3H3. The molecule has 0 saturated heterocycles. The van der Waals surface area contributed by atoms with Crippen molar-refractivity contribution >= 4 is 0 Å². The fraction of sp³-hybridized carbons (Fsp3) is 0.778. The van der Waals surface area contributed by atoms with Crippen LogP contribution in [0.1, 0.15) is 39.5 Å². The predicted molar refractivity (Wildman–Crippen MR) is 45.0 cm³/mol. The minimum Gasteiger partial charge on any atom is -0.386 e. The molecule has 0 saturated carbocycles. The zero-order chi connectivity index (χ0) is 8.04.